The van der Waals surface area contributed by atoms with Gasteiger partial charge in [0.2, 0.25) is 0 Å². The Balaban J connectivity index is 1.54. The summed E-state index contributed by atoms with van der Waals surface area (Å²) >= 11 is 0. The number of nitrogens with zero attached hydrogens (tertiary/aromatic N) is 2. The van der Waals surface area contributed by atoms with Crippen LogP contribution in [0.4, 0.5) is 10.5 Å². The molecule has 1 aromatic carbocycles. The van der Waals surface area contributed by atoms with Crippen LogP contribution >= 0.6 is 0 Å². The summed E-state index contributed by atoms with van der Waals surface area (Å²) in [6, 6.07) is 8.73. The number of benzene rings is 1. The van der Waals surface area contributed by atoms with Crippen LogP contribution in [0, 0.1) is 0 Å². The van der Waals surface area contributed by atoms with E-state index in [-0.39, 0.29) is 11.4 Å². The number of rotatable bonds is 2. The lowest BCUT2D eigenvalue weighted by Crippen LogP contribution is -2.41. The van der Waals surface area contributed by atoms with E-state index in [1.165, 1.54) is 5.56 Å². The van der Waals surface area contributed by atoms with Gasteiger partial charge in [-0.2, -0.15) is 0 Å². The Morgan fingerprint density at radius 1 is 1.12 bits per heavy atom. The normalized spacial score (nSPS) is 22.7. The van der Waals surface area contributed by atoms with Crippen molar-refractivity contribution in [1.29, 1.82) is 0 Å². The number of ether oxygens (including phenoxy) is 1. The molecule has 0 radical (unpaired) electrons. The van der Waals surface area contributed by atoms with Gasteiger partial charge in [0.05, 0.1) is 6.61 Å². The maximum atomic E-state index is 12.6. The molecule has 5 nitrogen and oxygen atoms in total. The van der Waals surface area contributed by atoms with E-state index < -0.39 is 0 Å². The fourth-order valence-electron chi connectivity index (χ4n) is 3.57. The molecule has 0 spiro atoms. The van der Waals surface area contributed by atoms with Gasteiger partial charge in [-0.05, 0) is 36.0 Å². The van der Waals surface area contributed by atoms with Crippen LogP contribution < -0.4 is 5.32 Å². The molecule has 0 saturated carbocycles. The number of carbonyl (C=O) groups excluding carboxylic acids is 1. The molecule has 0 aromatic heterocycles. The quantitative estimate of drug-likeness (QED) is 0.894. The maximum Gasteiger partial charge on any atom is 0.321 e. The molecule has 5 heteroatoms. The SMILES string of the molecule is CC(C)(C)c1ccc(NC(=O)N2CCCN(C3CCOC3)CC2)cc1. The Bertz CT molecular complexity index is 574. The van der Waals surface area contributed by atoms with Crippen LogP contribution in [0.25, 0.3) is 0 Å². The van der Waals surface area contributed by atoms with Crippen LogP contribution in [0.5, 0.6) is 0 Å². The Kier molecular flexibility index (Phi) is 5.64. The van der Waals surface area contributed by atoms with Gasteiger partial charge in [-0.25, -0.2) is 4.79 Å². The standard InChI is InChI=1S/C20H31N3O2/c1-20(2,3)16-5-7-17(8-6-16)21-19(24)23-11-4-10-22(12-13-23)18-9-14-25-15-18/h5-8,18H,4,9-15H2,1-3H3,(H,21,24). The van der Waals surface area contributed by atoms with E-state index in [1.54, 1.807) is 0 Å². The van der Waals surface area contributed by atoms with Crippen LogP contribution in [0.2, 0.25) is 0 Å². The van der Waals surface area contributed by atoms with E-state index in [4.69, 9.17) is 4.74 Å². The minimum absolute atomic E-state index is 0.00744. The third-order valence-corrected chi connectivity index (χ3v) is 5.24. The zero-order valence-electron chi connectivity index (χ0n) is 15.8. The molecule has 2 fully saturated rings. The molecule has 1 atom stereocenters. The third kappa shape index (κ3) is 4.73. The van der Waals surface area contributed by atoms with Crippen LogP contribution in [0.3, 0.4) is 0 Å². The number of anilines is 1. The number of carbonyl (C=O) groups is 1. The average Bonchev–Trinajstić information content (AvgIpc) is 2.99. The van der Waals surface area contributed by atoms with Crippen molar-refractivity contribution in [2.45, 2.75) is 45.1 Å². The summed E-state index contributed by atoms with van der Waals surface area (Å²) in [4.78, 5) is 17.0. The Morgan fingerprint density at radius 2 is 1.88 bits per heavy atom. The van der Waals surface area contributed by atoms with Crippen molar-refractivity contribution in [3.63, 3.8) is 0 Å². The fraction of sp³-hybridized carbons (Fsp3) is 0.650. The van der Waals surface area contributed by atoms with E-state index in [0.717, 1.165) is 57.9 Å². The molecule has 2 heterocycles. The van der Waals surface area contributed by atoms with Crippen LogP contribution in [0.1, 0.15) is 39.2 Å². The summed E-state index contributed by atoms with van der Waals surface area (Å²) in [5, 5.41) is 3.05. The molecule has 2 saturated heterocycles. The topological polar surface area (TPSA) is 44.8 Å². The van der Waals surface area contributed by atoms with Gasteiger partial charge in [-0.1, -0.05) is 32.9 Å². The summed E-state index contributed by atoms with van der Waals surface area (Å²) in [7, 11) is 0. The molecule has 138 valence electrons. The first-order valence-corrected chi connectivity index (χ1v) is 9.42. The van der Waals surface area contributed by atoms with Crippen LogP contribution in [0.15, 0.2) is 24.3 Å². The largest absolute Gasteiger partial charge is 0.380 e. The van der Waals surface area contributed by atoms with Crippen molar-refractivity contribution in [2.24, 2.45) is 0 Å². The Morgan fingerprint density at radius 3 is 2.52 bits per heavy atom. The highest BCUT2D eigenvalue weighted by Crippen LogP contribution is 2.23. The monoisotopic (exact) mass is 345 g/mol. The number of nitrogens with one attached hydrogen (secondary N) is 1. The van der Waals surface area contributed by atoms with Gasteiger partial charge >= 0.3 is 6.03 Å². The lowest BCUT2D eigenvalue weighted by atomic mass is 9.87. The highest BCUT2D eigenvalue weighted by Gasteiger charge is 2.26. The molecular formula is C20H31N3O2. The zero-order chi connectivity index (χ0) is 17.9. The summed E-state index contributed by atoms with van der Waals surface area (Å²) in [6.45, 7) is 11.9. The van der Waals surface area contributed by atoms with Crippen LogP contribution in [-0.4, -0.2) is 61.3 Å². The summed E-state index contributed by atoms with van der Waals surface area (Å²) in [5.41, 5.74) is 2.26. The van der Waals surface area contributed by atoms with E-state index in [9.17, 15) is 4.79 Å². The second kappa shape index (κ2) is 7.75. The Labute approximate surface area is 151 Å². The van der Waals surface area contributed by atoms with Crippen molar-refractivity contribution in [1.82, 2.24) is 9.80 Å². The van der Waals surface area contributed by atoms with E-state index in [2.05, 4.69) is 43.1 Å². The van der Waals surface area contributed by atoms with E-state index >= 15 is 0 Å². The van der Waals surface area contributed by atoms with Gasteiger partial charge in [-0.15, -0.1) is 0 Å². The van der Waals surface area contributed by atoms with E-state index in [0.29, 0.717) is 6.04 Å². The highest BCUT2D eigenvalue weighted by molar-refractivity contribution is 5.89. The first kappa shape index (κ1) is 18.2. The van der Waals surface area contributed by atoms with Crippen molar-refractivity contribution in [3.8, 4) is 0 Å². The Hall–Kier alpha value is -1.59. The lowest BCUT2D eigenvalue weighted by molar-refractivity contribution is 0.146. The van der Waals surface area contributed by atoms with Gasteiger partial charge in [0.1, 0.15) is 0 Å². The second-order valence-corrected chi connectivity index (χ2v) is 8.15. The maximum absolute atomic E-state index is 12.6. The molecule has 1 unspecified atom stereocenters. The predicted molar refractivity (Wildman–Crippen MR) is 101 cm³/mol. The minimum Gasteiger partial charge on any atom is -0.380 e. The number of hydrogen-bond acceptors (Lipinski definition) is 3. The molecule has 0 aliphatic carbocycles. The summed E-state index contributed by atoms with van der Waals surface area (Å²) in [5.74, 6) is 0. The summed E-state index contributed by atoms with van der Waals surface area (Å²) < 4.78 is 5.50. The van der Waals surface area contributed by atoms with Gasteiger partial charge in [0.15, 0.2) is 0 Å². The van der Waals surface area contributed by atoms with Gasteiger partial charge in [0.25, 0.3) is 0 Å². The summed E-state index contributed by atoms with van der Waals surface area (Å²) in [6.07, 6.45) is 2.14. The number of amides is 2. The fourth-order valence-corrected chi connectivity index (χ4v) is 3.57. The molecule has 25 heavy (non-hydrogen) atoms. The molecule has 2 aliphatic rings. The molecular weight excluding hydrogens is 314 g/mol. The van der Waals surface area contributed by atoms with Crippen molar-refractivity contribution >= 4 is 11.7 Å². The molecule has 1 aromatic rings. The minimum atomic E-state index is 0.00744. The van der Waals surface area contributed by atoms with Crippen molar-refractivity contribution < 1.29 is 9.53 Å². The molecule has 3 rings (SSSR count). The molecule has 2 amide bonds. The van der Waals surface area contributed by atoms with Gasteiger partial charge in [0, 0.05) is 44.5 Å². The van der Waals surface area contributed by atoms with E-state index in [1.807, 2.05) is 17.0 Å². The number of urea groups is 1. The second-order valence-electron chi connectivity index (χ2n) is 8.15. The smallest absolute Gasteiger partial charge is 0.321 e. The zero-order valence-corrected chi connectivity index (χ0v) is 15.8. The van der Waals surface area contributed by atoms with Crippen molar-refractivity contribution in [2.75, 3.05) is 44.7 Å². The van der Waals surface area contributed by atoms with Gasteiger partial charge in [-0.3, -0.25) is 4.90 Å². The van der Waals surface area contributed by atoms with Crippen molar-refractivity contribution in [3.05, 3.63) is 29.8 Å². The highest BCUT2D eigenvalue weighted by atomic mass is 16.5. The first-order chi connectivity index (χ1) is 11.9. The molecule has 0 bridgehead atoms. The average molecular weight is 345 g/mol. The first-order valence-electron chi connectivity index (χ1n) is 9.42. The molecule has 1 N–H and O–H groups in total. The predicted octanol–water partition coefficient (Wildman–Crippen LogP) is 3.31. The van der Waals surface area contributed by atoms with Crippen LogP contribution in [-0.2, 0) is 10.2 Å². The third-order valence-electron chi connectivity index (χ3n) is 5.24. The molecule has 2 aliphatic heterocycles. The number of hydrogen-bond donors (Lipinski definition) is 1. The van der Waals surface area contributed by atoms with Gasteiger partial charge < -0.3 is 15.0 Å². The lowest BCUT2D eigenvalue weighted by Gasteiger charge is -2.26.